The number of fused-ring (bicyclic) bond motifs is 1. The number of nitrogens with zero attached hydrogens (tertiary/aromatic N) is 2. The van der Waals surface area contributed by atoms with Gasteiger partial charge in [0, 0.05) is 6.54 Å². The molecule has 5 heteroatoms. The summed E-state index contributed by atoms with van der Waals surface area (Å²) < 4.78 is 2.15. The molecule has 1 N–H and O–H groups in total. The Balaban J connectivity index is 2.36. The summed E-state index contributed by atoms with van der Waals surface area (Å²) in [7, 11) is 0. The lowest BCUT2D eigenvalue weighted by Gasteiger charge is -2.05. The second-order valence-electron chi connectivity index (χ2n) is 4.17. The van der Waals surface area contributed by atoms with E-state index in [1.165, 1.54) is 0 Å². The summed E-state index contributed by atoms with van der Waals surface area (Å²) in [5, 5.41) is 8.96. The Morgan fingerprint density at radius 3 is 2.94 bits per heavy atom. The Morgan fingerprint density at radius 1 is 1.50 bits per heavy atom. The molecule has 1 heterocycles. The van der Waals surface area contributed by atoms with Crippen LogP contribution in [-0.4, -0.2) is 32.6 Å². The number of aromatic nitrogens is 2. The Hall–Kier alpha value is -1.49. The quantitative estimate of drug-likeness (QED) is 0.844. The van der Waals surface area contributed by atoms with Gasteiger partial charge in [0.1, 0.15) is 5.82 Å². The van der Waals surface area contributed by atoms with Crippen molar-refractivity contribution >= 4 is 28.8 Å². The summed E-state index contributed by atoms with van der Waals surface area (Å²) in [6, 6.07) is 5.12. The van der Waals surface area contributed by atoms with Gasteiger partial charge in [0.05, 0.1) is 16.6 Å². The average Bonchev–Trinajstić information content (AvgIpc) is 2.65. The van der Waals surface area contributed by atoms with Crippen molar-refractivity contribution in [2.24, 2.45) is 0 Å². The third-order valence-corrected chi connectivity index (χ3v) is 3.61. The second-order valence-corrected chi connectivity index (χ2v) is 5.15. The molecule has 0 unspecified atom stereocenters. The van der Waals surface area contributed by atoms with Crippen LogP contribution >= 0.6 is 11.8 Å². The monoisotopic (exact) mass is 264 g/mol. The van der Waals surface area contributed by atoms with Crippen molar-refractivity contribution < 1.29 is 9.90 Å². The van der Waals surface area contributed by atoms with Crippen LogP contribution in [0.4, 0.5) is 0 Å². The molecule has 4 nitrogen and oxygen atoms in total. The van der Waals surface area contributed by atoms with Gasteiger partial charge >= 0.3 is 5.97 Å². The van der Waals surface area contributed by atoms with Gasteiger partial charge < -0.3 is 9.67 Å². The molecule has 0 amide bonds. The standard InChI is InChI=1S/C13H16N2O2S/c1-9-14-11-8-10(13(16)17)4-5-12(11)15(9)6-3-7-18-2/h4-5,8H,3,6-7H2,1-2H3,(H,16,17). The van der Waals surface area contributed by atoms with E-state index in [-0.39, 0.29) is 5.56 Å². The molecule has 0 fully saturated rings. The molecule has 0 aliphatic carbocycles. The largest absolute Gasteiger partial charge is 0.478 e. The van der Waals surface area contributed by atoms with Gasteiger partial charge in [-0.2, -0.15) is 11.8 Å². The number of hydrogen-bond acceptors (Lipinski definition) is 3. The van der Waals surface area contributed by atoms with Crippen LogP contribution in [0.5, 0.6) is 0 Å². The van der Waals surface area contributed by atoms with Crippen molar-refractivity contribution in [1.82, 2.24) is 9.55 Å². The lowest BCUT2D eigenvalue weighted by Crippen LogP contribution is -2.01. The third-order valence-electron chi connectivity index (χ3n) is 2.92. The van der Waals surface area contributed by atoms with E-state index in [2.05, 4.69) is 15.8 Å². The summed E-state index contributed by atoms with van der Waals surface area (Å²) in [6.07, 6.45) is 3.19. The maximum absolute atomic E-state index is 10.9. The normalized spacial score (nSPS) is 11.0. The van der Waals surface area contributed by atoms with E-state index in [1.807, 2.05) is 24.8 Å². The van der Waals surface area contributed by atoms with Crippen molar-refractivity contribution in [2.75, 3.05) is 12.0 Å². The summed E-state index contributed by atoms with van der Waals surface area (Å²) in [4.78, 5) is 15.3. The van der Waals surface area contributed by atoms with Crippen LogP contribution < -0.4 is 0 Å². The van der Waals surface area contributed by atoms with Crippen LogP contribution in [0.3, 0.4) is 0 Å². The van der Waals surface area contributed by atoms with E-state index in [4.69, 9.17) is 5.11 Å². The summed E-state index contributed by atoms with van der Waals surface area (Å²) >= 11 is 1.83. The van der Waals surface area contributed by atoms with Crippen molar-refractivity contribution in [3.63, 3.8) is 0 Å². The molecular weight excluding hydrogens is 248 g/mol. The highest BCUT2D eigenvalue weighted by molar-refractivity contribution is 7.98. The van der Waals surface area contributed by atoms with Crippen molar-refractivity contribution in [3.05, 3.63) is 29.6 Å². The molecule has 0 aliphatic heterocycles. The molecule has 0 bridgehead atoms. The van der Waals surface area contributed by atoms with Crippen LogP contribution in [0, 0.1) is 6.92 Å². The van der Waals surface area contributed by atoms with E-state index in [0.29, 0.717) is 0 Å². The van der Waals surface area contributed by atoms with Crippen LogP contribution in [0.2, 0.25) is 0 Å². The van der Waals surface area contributed by atoms with Gasteiger partial charge in [0.2, 0.25) is 0 Å². The molecule has 1 aromatic carbocycles. The van der Waals surface area contributed by atoms with E-state index in [0.717, 1.165) is 35.6 Å². The lowest BCUT2D eigenvalue weighted by atomic mass is 10.2. The number of thioether (sulfide) groups is 1. The number of rotatable bonds is 5. The fourth-order valence-electron chi connectivity index (χ4n) is 2.03. The predicted octanol–water partition coefficient (Wildman–Crippen LogP) is 2.80. The van der Waals surface area contributed by atoms with Gasteiger partial charge in [-0.15, -0.1) is 0 Å². The van der Waals surface area contributed by atoms with E-state index >= 15 is 0 Å². The Kier molecular flexibility index (Phi) is 3.91. The maximum atomic E-state index is 10.9. The van der Waals surface area contributed by atoms with Crippen LogP contribution in [-0.2, 0) is 6.54 Å². The Bertz CT molecular complexity index is 578. The fourth-order valence-corrected chi connectivity index (χ4v) is 2.45. The molecule has 1 aromatic heterocycles. The van der Waals surface area contributed by atoms with Gasteiger partial charge in [-0.1, -0.05) is 0 Å². The number of hydrogen-bond donors (Lipinski definition) is 1. The van der Waals surface area contributed by atoms with Gasteiger partial charge in [-0.3, -0.25) is 0 Å². The molecule has 96 valence electrons. The zero-order valence-corrected chi connectivity index (χ0v) is 11.3. The summed E-state index contributed by atoms with van der Waals surface area (Å²) in [5.41, 5.74) is 2.06. The number of imidazole rings is 1. The lowest BCUT2D eigenvalue weighted by molar-refractivity contribution is 0.0697. The minimum Gasteiger partial charge on any atom is -0.478 e. The predicted molar refractivity (Wildman–Crippen MR) is 74.4 cm³/mol. The zero-order chi connectivity index (χ0) is 13.1. The van der Waals surface area contributed by atoms with Gasteiger partial charge in [-0.25, -0.2) is 9.78 Å². The first-order valence-corrected chi connectivity index (χ1v) is 7.22. The highest BCUT2D eigenvalue weighted by Crippen LogP contribution is 2.18. The van der Waals surface area contributed by atoms with Gasteiger partial charge in [0.15, 0.2) is 0 Å². The molecule has 2 rings (SSSR count). The zero-order valence-electron chi connectivity index (χ0n) is 10.5. The van der Waals surface area contributed by atoms with Crippen molar-refractivity contribution in [2.45, 2.75) is 19.9 Å². The number of benzene rings is 1. The number of carbonyl (C=O) groups is 1. The highest BCUT2D eigenvalue weighted by atomic mass is 32.2. The van der Waals surface area contributed by atoms with Gasteiger partial charge in [-0.05, 0) is 43.6 Å². The third kappa shape index (κ3) is 2.51. The fraction of sp³-hybridized carbons (Fsp3) is 0.385. The molecular formula is C13H16N2O2S. The smallest absolute Gasteiger partial charge is 0.335 e. The van der Waals surface area contributed by atoms with Crippen molar-refractivity contribution in [1.29, 1.82) is 0 Å². The second kappa shape index (κ2) is 5.44. The van der Waals surface area contributed by atoms with E-state index in [1.54, 1.807) is 12.1 Å². The number of carboxylic acids is 1. The Morgan fingerprint density at radius 2 is 2.28 bits per heavy atom. The van der Waals surface area contributed by atoms with Crippen molar-refractivity contribution in [3.8, 4) is 0 Å². The number of aryl methyl sites for hydroxylation is 2. The van der Waals surface area contributed by atoms with Crippen LogP contribution in [0.15, 0.2) is 18.2 Å². The first-order chi connectivity index (χ1) is 8.63. The molecule has 0 saturated heterocycles. The first-order valence-electron chi connectivity index (χ1n) is 5.82. The molecule has 0 spiro atoms. The number of aromatic carboxylic acids is 1. The number of carboxylic acid groups (broad SMARTS) is 1. The highest BCUT2D eigenvalue weighted by Gasteiger charge is 2.10. The maximum Gasteiger partial charge on any atom is 0.335 e. The topological polar surface area (TPSA) is 55.1 Å². The Labute approximate surface area is 110 Å². The molecule has 0 radical (unpaired) electrons. The molecule has 2 aromatic rings. The average molecular weight is 264 g/mol. The van der Waals surface area contributed by atoms with E-state index in [9.17, 15) is 4.79 Å². The van der Waals surface area contributed by atoms with Crippen LogP contribution in [0.25, 0.3) is 11.0 Å². The molecule has 0 saturated carbocycles. The molecule has 18 heavy (non-hydrogen) atoms. The molecule has 0 aliphatic rings. The van der Waals surface area contributed by atoms with Gasteiger partial charge in [0.25, 0.3) is 0 Å². The minimum absolute atomic E-state index is 0.288. The molecule has 0 atom stereocenters. The van der Waals surface area contributed by atoms with Crippen LogP contribution in [0.1, 0.15) is 22.6 Å². The minimum atomic E-state index is -0.911. The summed E-state index contributed by atoms with van der Waals surface area (Å²) in [6.45, 7) is 2.88. The van der Waals surface area contributed by atoms with E-state index < -0.39 is 5.97 Å². The SMILES string of the molecule is CSCCCn1c(C)nc2cc(C(=O)O)ccc21. The first kappa shape index (κ1) is 13.0. The summed E-state index contributed by atoms with van der Waals surface area (Å²) in [5.74, 6) is 1.15.